The van der Waals surface area contributed by atoms with Gasteiger partial charge in [0.1, 0.15) is 12.1 Å². The third-order valence-corrected chi connectivity index (χ3v) is 12.4. The molecule has 1 fully saturated rings. The fourth-order valence-electron chi connectivity index (χ4n) is 8.15. The number of carbonyl (C=O) groups is 10. The van der Waals surface area contributed by atoms with Crippen molar-refractivity contribution < 1.29 is 116 Å². The van der Waals surface area contributed by atoms with E-state index in [1.807, 2.05) is 24.3 Å². The number of benzene rings is 1. The number of rotatable bonds is 35. The van der Waals surface area contributed by atoms with Crippen LogP contribution in [-0.2, 0) is 82.3 Å². The monoisotopic (exact) mass is 1190 g/mol. The molecule has 0 aliphatic carbocycles. The first kappa shape index (κ1) is 69.4. The van der Waals surface area contributed by atoms with E-state index >= 15 is 0 Å². The predicted octanol–water partition coefficient (Wildman–Crippen LogP) is 0.0355. The van der Waals surface area contributed by atoms with Crippen molar-refractivity contribution in [2.24, 2.45) is 0 Å². The smallest absolute Gasteiger partial charge is 0.326 e. The van der Waals surface area contributed by atoms with Crippen LogP contribution in [0, 0.1) is 0 Å². The molecule has 13 N–H and O–H groups in total. The van der Waals surface area contributed by atoms with Gasteiger partial charge in [-0.2, -0.15) is 0 Å². The Kier molecular flexibility index (Phi) is 35.7. The van der Waals surface area contributed by atoms with E-state index in [2.05, 4.69) is 31.9 Å². The van der Waals surface area contributed by atoms with Crippen molar-refractivity contribution in [3.63, 3.8) is 0 Å². The molecule has 1 radical (unpaired) electrons. The molecule has 0 aromatic heterocycles. The second kappa shape index (κ2) is 39.7. The molecule has 1 aromatic rings. The van der Waals surface area contributed by atoms with Crippen LogP contribution in [0.2, 0.25) is 0 Å². The van der Waals surface area contributed by atoms with E-state index in [0.29, 0.717) is 68.8 Å². The molecule has 1 aliphatic heterocycles. The zero-order valence-electron chi connectivity index (χ0n) is 43.3. The molecule has 2 rings (SSSR count). The Morgan fingerprint density at radius 1 is 0.506 bits per heavy atom. The number of aliphatic carboxylic acids is 7. The molecule has 1 saturated heterocycles. The minimum atomic E-state index is -1.51. The quantitative estimate of drug-likeness (QED) is 0.0315. The molecule has 27 nitrogen and oxygen atoms in total. The van der Waals surface area contributed by atoms with Crippen molar-refractivity contribution in [3.8, 4) is 0 Å². The molecule has 1 unspecified atom stereocenters. The van der Waals surface area contributed by atoms with Gasteiger partial charge in [0.2, 0.25) is 11.8 Å². The maximum Gasteiger partial charge on any atom is 0.326 e. The molecular weight excluding hydrogens is 1110 g/mol. The molecule has 429 valence electrons. The first-order valence-electron chi connectivity index (χ1n) is 25.3. The van der Waals surface area contributed by atoms with Crippen molar-refractivity contribution in [2.45, 2.75) is 108 Å². The van der Waals surface area contributed by atoms with Gasteiger partial charge in [-0.3, -0.25) is 53.2 Å². The molecule has 0 spiro atoms. The summed E-state index contributed by atoms with van der Waals surface area (Å²) in [5.74, 6) is -8.64. The SMILES string of the molecule is O=C(O)CC[C@H](NC(=O)N[C@@H](CCCCNC(=O)CCCCCCC(=O)NCCCCNC(=S)Nc1ccc(CC2CN(CC(=O)O)CCN(CC(=O)O)CCN(CC(=O)O)CCN2CC(=O)O)cc1)C(=O)O)C(=O)O.[89Y]. The zero-order chi connectivity index (χ0) is 56.4. The van der Waals surface area contributed by atoms with Gasteiger partial charge in [0, 0.05) is 129 Å². The van der Waals surface area contributed by atoms with Crippen LogP contribution >= 0.6 is 12.2 Å². The largest absolute Gasteiger partial charge is 0.481 e. The van der Waals surface area contributed by atoms with E-state index in [-0.39, 0.29) is 142 Å². The molecule has 1 heterocycles. The van der Waals surface area contributed by atoms with E-state index in [1.54, 1.807) is 19.6 Å². The zero-order valence-corrected chi connectivity index (χ0v) is 47.0. The third-order valence-electron chi connectivity index (χ3n) is 12.1. The second-order valence-electron chi connectivity index (χ2n) is 18.4. The van der Waals surface area contributed by atoms with E-state index in [0.717, 1.165) is 24.8 Å². The predicted molar refractivity (Wildman–Crippen MR) is 278 cm³/mol. The average Bonchev–Trinajstić information content (AvgIpc) is 3.33. The summed E-state index contributed by atoms with van der Waals surface area (Å²) in [5, 5.41) is 82.5. The summed E-state index contributed by atoms with van der Waals surface area (Å²) in [5.41, 5.74) is 1.50. The minimum Gasteiger partial charge on any atom is -0.481 e. The molecule has 29 heteroatoms. The van der Waals surface area contributed by atoms with Gasteiger partial charge in [0.15, 0.2) is 5.11 Å². The first-order chi connectivity index (χ1) is 36.1. The van der Waals surface area contributed by atoms with E-state index in [9.17, 15) is 78.6 Å². The molecule has 1 aromatic carbocycles. The van der Waals surface area contributed by atoms with Crippen LogP contribution in [-0.4, -0.2) is 230 Å². The minimum absolute atomic E-state index is 0. The maximum atomic E-state index is 12.3. The van der Waals surface area contributed by atoms with Crippen molar-refractivity contribution in [1.82, 2.24) is 46.2 Å². The van der Waals surface area contributed by atoms with Gasteiger partial charge in [-0.1, -0.05) is 25.0 Å². The molecule has 77 heavy (non-hydrogen) atoms. The van der Waals surface area contributed by atoms with Gasteiger partial charge in [0.25, 0.3) is 0 Å². The number of carboxylic acid groups (broad SMARTS) is 7. The average molecular weight is 1190 g/mol. The second-order valence-corrected chi connectivity index (χ2v) is 18.8. The van der Waals surface area contributed by atoms with Gasteiger partial charge in [0.05, 0.1) is 26.2 Å². The summed E-state index contributed by atoms with van der Waals surface area (Å²) in [6.07, 6.45) is 5.06. The van der Waals surface area contributed by atoms with Crippen LogP contribution in [0.15, 0.2) is 24.3 Å². The Morgan fingerprint density at radius 3 is 1.43 bits per heavy atom. The Labute approximate surface area is 477 Å². The van der Waals surface area contributed by atoms with Gasteiger partial charge in [-0.25, -0.2) is 14.4 Å². The Hall–Kier alpha value is -5.65. The summed E-state index contributed by atoms with van der Waals surface area (Å²) >= 11 is 5.47. The molecule has 0 bridgehead atoms. The van der Waals surface area contributed by atoms with Gasteiger partial charge < -0.3 is 67.6 Å². The van der Waals surface area contributed by atoms with Gasteiger partial charge in [-0.15, -0.1) is 0 Å². The Morgan fingerprint density at radius 2 is 0.948 bits per heavy atom. The maximum absolute atomic E-state index is 12.3. The molecule has 1 aliphatic rings. The van der Waals surface area contributed by atoms with Crippen molar-refractivity contribution in [1.29, 1.82) is 0 Å². The van der Waals surface area contributed by atoms with Crippen LogP contribution < -0.4 is 31.9 Å². The summed E-state index contributed by atoms with van der Waals surface area (Å²) in [6.45, 7) is 1.24. The van der Waals surface area contributed by atoms with Crippen LogP contribution in [0.5, 0.6) is 0 Å². The Balaban J connectivity index is 0.0000296. The van der Waals surface area contributed by atoms with E-state index < -0.39 is 72.4 Å². The molecular formula is C48H76N10O17SY. The normalized spacial score (nSPS) is 15.6. The van der Waals surface area contributed by atoms with Gasteiger partial charge in [-0.05, 0) is 87.7 Å². The molecule has 0 saturated carbocycles. The van der Waals surface area contributed by atoms with Crippen molar-refractivity contribution in [3.05, 3.63) is 29.8 Å². The third kappa shape index (κ3) is 34.0. The summed E-state index contributed by atoms with van der Waals surface area (Å²) in [4.78, 5) is 124. The van der Waals surface area contributed by atoms with E-state index in [4.69, 9.17) is 17.3 Å². The fraction of sp³-hybridized carbons (Fsp3) is 0.646. The number of unbranched alkanes of at least 4 members (excludes halogenated alkanes) is 5. The molecule has 4 amide bonds. The number of nitrogens with one attached hydrogen (secondary N) is 6. The number of hydrogen-bond donors (Lipinski definition) is 13. The van der Waals surface area contributed by atoms with Crippen LogP contribution in [0.4, 0.5) is 10.5 Å². The first-order valence-corrected chi connectivity index (χ1v) is 25.7. The summed E-state index contributed by atoms with van der Waals surface area (Å²) in [6, 6.07) is 2.91. The molecule has 3 atom stereocenters. The number of amides is 4. The standard InChI is InChI=1S/C48H76N10O17S.Y/c59-38(49-18-6-5-9-36(45(71)72)53-47(75)54-37(46(73)74)16-17-40(61)62)10-3-1-2-4-11-39(60)50-19-7-8-20-51-48(76)52-34-14-12-33(13-15-34)27-35-28-57(31-43(67)68)24-23-55(29-41(63)64)21-22-56(30-42(65)66)25-26-58(35)32-44(69)70;/h12-15,35-37H,1-11,16-32H2,(H,49,59)(H,50,60)(H,61,62)(H,63,64)(H,65,66)(H,67,68)(H,69,70)(H,71,72)(H,73,74)(H2,51,52,76)(H2,53,54,75);/t35?,36-,37-;/m0./s1/i;1+0. The number of anilines is 1. The summed E-state index contributed by atoms with van der Waals surface area (Å²) < 4.78 is 0. The van der Waals surface area contributed by atoms with E-state index in [1.165, 1.54) is 0 Å². The number of thiocarbonyl (C=S) groups is 1. The van der Waals surface area contributed by atoms with Crippen LogP contribution in [0.25, 0.3) is 0 Å². The van der Waals surface area contributed by atoms with Crippen molar-refractivity contribution >= 4 is 82.6 Å². The van der Waals surface area contributed by atoms with Crippen LogP contribution in [0.3, 0.4) is 0 Å². The fourth-order valence-corrected chi connectivity index (χ4v) is 8.37. The number of hydrogen-bond acceptors (Lipinski definition) is 15. The number of nitrogens with zero attached hydrogens (tertiary/aromatic N) is 4. The number of carbonyl (C=O) groups excluding carboxylic acids is 3. The number of urea groups is 1. The topological polar surface area (TPSA) is 397 Å². The number of carboxylic acids is 7. The van der Waals surface area contributed by atoms with Gasteiger partial charge >= 0.3 is 47.8 Å². The summed E-state index contributed by atoms with van der Waals surface area (Å²) in [7, 11) is 0. The van der Waals surface area contributed by atoms with Crippen molar-refractivity contribution in [2.75, 3.05) is 96.9 Å². The van der Waals surface area contributed by atoms with Crippen LogP contribution in [0.1, 0.15) is 89.0 Å². The Bertz CT molecular complexity index is 2080.